The van der Waals surface area contributed by atoms with Crippen molar-refractivity contribution >= 4 is 45.7 Å². The molecule has 9 nitrogen and oxygen atoms in total. The standard InChI is InChI=1S/C24H24ClN5O4S/c1-15-21(35-24(26-15)28-23(32)27-18-5-3-17(25)4-6-18)22(31)30-10-8-29(9-11-30)13-16-2-7-19-20(12-16)34-14-33-19/h2-7,12H,8-11,13-14H2,1H3,(H2,26,27,28,32). The van der Waals surface area contributed by atoms with Crippen LogP contribution in [0.25, 0.3) is 0 Å². The summed E-state index contributed by atoms with van der Waals surface area (Å²) in [6.07, 6.45) is 0. The van der Waals surface area contributed by atoms with E-state index in [0.717, 1.165) is 36.7 Å². The lowest BCUT2D eigenvalue weighted by Gasteiger charge is -2.34. The molecule has 3 aromatic rings. The van der Waals surface area contributed by atoms with E-state index < -0.39 is 6.03 Å². The number of hydrogen-bond acceptors (Lipinski definition) is 7. The number of anilines is 2. The molecule has 3 heterocycles. The molecule has 5 rings (SSSR count). The van der Waals surface area contributed by atoms with Gasteiger partial charge in [-0.2, -0.15) is 0 Å². The summed E-state index contributed by atoms with van der Waals surface area (Å²) in [5.41, 5.74) is 2.36. The Morgan fingerprint density at radius 3 is 2.54 bits per heavy atom. The SMILES string of the molecule is Cc1nc(NC(=O)Nc2ccc(Cl)cc2)sc1C(=O)N1CCN(Cc2ccc3c(c2)OCO3)CC1. The number of aryl methyl sites for hydroxylation is 1. The van der Waals surface area contributed by atoms with Gasteiger partial charge in [-0.25, -0.2) is 9.78 Å². The number of urea groups is 1. The zero-order valence-corrected chi connectivity index (χ0v) is 20.6. The van der Waals surface area contributed by atoms with Crippen molar-refractivity contribution in [2.45, 2.75) is 13.5 Å². The lowest BCUT2D eigenvalue weighted by Crippen LogP contribution is -2.48. The van der Waals surface area contributed by atoms with Crippen LogP contribution in [0.2, 0.25) is 5.02 Å². The lowest BCUT2D eigenvalue weighted by molar-refractivity contribution is 0.0632. The fourth-order valence-electron chi connectivity index (χ4n) is 3.99. The zero-order valence-electron chi connectivity index (χ0n) is 19.0. The second kappa shape index (κ2) is 10.1. The van der Waals surface area contributed by atoms with E-state index in [1.807, 2.05) is 23.1 Å². The maximum atomic E-state index is 13.1. The number of hydrogen-bond donors (Lipinski definition) is 2. The van der Waals surface area contributed by atoms with E-state index in [2.05, 4.69) is 20.5 Å². The number of nitrogens with one attached hydrogen (secondary N) is 2. The maximum Gasteiger partial charge on any atom is 0.325 e. The first-order valence-corrected chi connectivity index (χ1v) is 12.4. The smallest absolute Gasteiger partial charge is 0.325 e. The van der Waals surface area contributed by atoms with Gasteiger partial charge in [-0.15, -0.1) is 0 Å². The molecule has 2 N–H and O–H groups in total. The maximum absolute atomic E-state index is 13.1. The Bertz CT molecular complexity index is 1240. The number of carbonyl (C=O) groups is 2. The topological polar surface area (TPSA) is 96.0 Å². The minimum absolute atomic E-state index is 0.0612. The summed E-state index contributed by atoms with van der Waals surface area (Å²) in [5, 5.41) is 6.38. The van der Waals surface area contributed by atoms with Gasteiger partial charge in [0.15, 0.2) is 16.6 Å². The molecule has 1 aromatic heterocycles. The number of thiazole rings is 1. The number of rotatable bonds is 5. The average molecular weight is 514 g/mol. The number of amides is 3. The molecule has 1 fully saturated rings. The number of carbonyl (C=O) groups excluding carboxylic acids is 2. The molecule has 1 saturated heterocycles. The number of nitrogens with zero attached hydrogens (tertiary/aromatic N) is 3. The Hall–Kier alpha value is -3.34. The van der Waals surface area contributed by atoms with Gasteiger partial charge in [0.05, 0.1) is 5.69 Å². The van der Waals surface area contributed by atoms with Crippen molar-refractivity contribution in [3.63, 3.8) is 0 Å². The van der Waals surface area contributed by atoms with Crippen LogP contribution < -0.4 is 20.1 Å². The van der Waals surface area contributed by atoms with Gasteiger partial charge in [0.2, 0.25) is 6.79 Å². The Morgan fingerprint density at radius 1 is 1.03 bits per heavy atom. The zero-order chi connectivity index (χ0) is 24.4. The van der Waals surface area contributed by atoms with Crippen LogP contribution in [0.1, 0.15) is 20.9 Å². The van der Waals surface area contributed by atoms with Gasteiger partial charge in [0, 0.05) is 43.4 Å². The third kappa shape index (κ3) is 5.50. The average Bonchev–Trinajstić information content (AvgIpc) is 3.46. The van der Waals surface area contributed by atoms with Crippen molar-refractivity contribution < 1.29 is 19.1 Å². The van der Waals surface area contributed by atoms with Crippen LogP contribution in [0.15, 0.2) is 42.5 Å². The summed E-state index contributed by atoms with van der Waals surface area (Å²) in [6.45, 7) is 5.62. The number of fused-ring (bicyclic) bond motifs is 1. The molecule has 0 atom stereocenters. The molecule has 0 spiro atoms. The quantitative estimate of drug-likeness (QED) is 0.524. The van der Waals surface area contributed by atoms with E-state index in [4.69, 9.17) is 21.1 Å². The van der Waals surface area contributed by atoms with Crippen molar-refractivity contribution in [1.82, 2.24) is 14.8 Å². The molecule has 2 aromatic carbocycles. The van der Waals surface area contributed by atoms with Crippen molar-refractivity contribution in [2.75, 3.05) is 43.6 Å². The van der Waals surface area contributed by atoms with E-state index >= 15 is 0 Å². The highest BCUT2D eigenvalue weighted by Gasteiger charge is 2.26. The highest BCUT2D eigenvalue weighted by atomic mass is 35.5. The molecule has 182 valence electrons. The van der Waals surface area contributed by atoms with Gasteiger partial charge in [-0.1, -0.05) is 29.0 Å². The first-order valence-electron chi connectivity index (χ1n) is 11.2. The van der Waals surface area contributed by atoms with Gasteiger partial charge in [0.25, 0.3) is 5.91 Å². The third-order valence-corrected chi connectivity index (χ3v) is 7.13. The Labute approximate surface area is 211 Å². The monoisotopic (exact) mass is 513 g/mol. The van der Waals surface area contributed by atoms with E-state index in [1.54, 1.807) is 31.2 Å². The van der Waals surface area contributed by atoms with Crippen LogP contribution in [0, 0.1) is 6.92 Å². The van der Waals surface area contributed by atoms with E-state index in [9.17, 15) is 9.59 Å². The van der Waals surface area contributed by atoms with E-state index in [1.165, 1.54) is 11.3 Å². The van der Waals surface area contributed by atoms with Crippen LogP contribution in [0.3, 0.4) is 0 Å². The summed E-state index contributed by atoms with van der Waals surface area (Å²) in [5.74, 6) is 1.50. The highest BCUT2D eigenvalue weighted by Crippen LogP contribution is 2.33. The molecule has 11 heteroatoms. The third-order valence-electron chi connectivity index (χ3n) is 5.82. The van der Waals surface area contributed by atoms with Gasteiger partial charge in [0.1, 0.15) is 4.88 Å². The Morgan fingerprint density at radius 2 is 1.77 bits per heavy atom. The molecular formula is C24H24ClN5O4S. The van der Waals surface area contributed by atoms with Crippen molar-refractivity contribution in [2.24, 2.45) is 0 Å². The summed E-state index contributed by atoms with van der Waals surface area (Å²) in [4.78, 5) is 34.5. The fourth-order valence-corrected chi connectivity index (χ4v) is 5.05. The Kier molecular flexibility index (Phi) is 6.76. The largest absolute Gasteiger partial charge is 0.454 e. The molecular weight excluding hydrogens is 490 g/mol. The molecule has 2 aliphatic rings. The van der Waals surface area contributed by atoms with E-state index in [0.29, 0.717) is 39.5 Å². The molecule has 0 aliphatic carbocycles. The summed E-state index contributed by atoms with van der Waals surface area (Å²) in [7, 11) is 0. The predicted molar refractivity (Wildman–Crippen MR) is 135 cm³/mol. The van der Waals surface area contributed by atoms with Crippen molar-refractivity contribution in [3.05, 3.63) is 63.6 Å². The highest BCUT2D eigenvalue weighted by molar-refractivity contribution is 7.17. The molecule has 0 radical (unpaired) electrons. The summed E-state index contributed by atoms with van der Waals surface area (Å²) in [6, 6.07) is 12.4. The fraction of sp³-hybridized carbons (Fsp3) is 0.292. The second-order valence-corrected chi connectivity index (χ2v) is 9.71. The van der Waals surface area contributed by atoms with Gasteiger partial charge in [-0.3, -0.25) is 15.0 Å². The molecule has 2 aliphatic heterocycles. The minimum Gasteiger partial charge on any atom is -0.454 e. The Balaban J connectivity index is 1.14. The number of piperazine rings is 1. The first kappa shape index (κ1) is 23.4. The molecule has 3 amide bonds. The van der Waals surface area contributed by atoms with Crippen molar-refractivity contribution in [3.8, 4) is 11.5 Å². The van der Waals surface area contributed by atoms with E-state index in [-0.39, 0.29) is 12.7 Å². The van der Waals surface area contributed by atoms with Crippen LogP contribution >= 0.6 is 22.9 Å². The summed E-state index contributed by atoms with van der Waals surface area (Å²) < 4.78 is 10.8. The van der Waals surface area contributed by atoms with Gasteiger partial charge < -0.3 is 19.7 Å². The number of aromatic nitrogens is 1. The first-order chi connectivity index (χ1) is 16.9. The number of ether oxygens (including phenoxy) is 2. The number of halogens is 1. The van der Waals surface area contributed by atoms with Crippen molar-refractivity contribution in [1.29, 1.82) is 0 Å². The van der Waals surface area contributed by atoms with Crippen LogP contribution in [0.4, 0.5) is 15.6 Å². The molecule has 0 saturated carbocycles. The predicted octanol–water partition coefficient (Wildman–Crippen LogP) is 4.44. The second-order valence-electron chi connectivity index (χ2n) is 8.28. The van der Waals surface area contributed by atoms with Crippen LogP contribution in [-0.4, -0.2) is 59.7 Å². The molecule has 0 bridgehead atoms. The molecule has 35 heavy (non-hydrogen) atoms. The van der Waals surface area contributed by atoms with Crippen LogP contribution in [0.5, 0.6) is 11.5 Å². The van der Waals surface area contributed by atoms with Crippen LogP contribution in [-0.2, 0) is 6.54 Å². The van der Waals surface area contributed by atoms with Gasteiger partial charge in [-0.05, 0) is 48.9 Å². The lowest BCUT2D eigenvalue weighted by atomic mass is 10.1. The van der Waals surface area contributed by atoms with Gasteiger partial charge >= 0.3 is 6.03 Å². The number of benzene rings is 2. The minimum atomic E-state index is -0.433. The normalized spacial score (nSPS) is 15.2. The summed E-state index contributed by atoms with van der Waals surface area (Å²) >= 11 is 7.05. The molecule has 0 unspecified atom stereocenters.